The third-order valence-corrected chi connectivity index (χ3v) is 5.68. The second-order valence-corrected chi connectivity index (χ2v) is 7.62. The summed E-state index contributed by atoms with van der Waals surface area (Å²) in [5, 5.41) is 0. The average molecular weight is 321 g/mol. The van der Waals surface area contributed by atoms with Crippen molar-refractivity contribution in [1.29, 1.82) is 0 Å². The van der Waals surface area contributed by atoms with Gasteiger partial charge < -0.3 is 4.57 Å². The summed E-state index contributed by atoms with van der Waals surface area (Å²) in [6, 6.07) is 0. The van der Waals surface area contributed by atoms with Gasteiger partial charge in [-0.15, -0.1) is 0 Å². The molecule has 5 heteroatoms. The van der Waals surface area contributed by atoms with Crippen LogP contribution in [0.5, 0.6) is 0 Å². The minimum Gasteiger partial charge on any atom is -0.328 e. The highest BCUT2D eigenvalue weighted by molar-refractivity contribution is 7.84. The lowest BCUT2D eigenvalue weighted by Crippen LogP contribution is -2.06. The molecule has 0 saturated heterocycles. The number of aromatic nitrogens is 3. The molecule has 2 rings (SSSR count). The van der Waals surface area contributed by atoms with Crippen molar-refractivity contribution in [2.24, 2.45) is 0 Å². The molecule has 2 heterocycles. The molecule has 0 bridgehead atoms. The van der Waals surface area contributed by atoms with Crippen molar-refractivity contribution in [2.45, 2.75) is 59.9 Å². The van der Waals surface area contributed by atoms with Gasteiger partial charge in [0.25, 0.3) is 0 Å². The lowest BCUT2D eigenvalue weighted by Gasteiger charge is -2.09. The maximum atomic E-state index is 11.8. The van der Waals surface area contributed by atoms with E-state index in [2.05, 4.69) is 28.4 Å². The normalized spacial score (nSPS) is 12.9. The van der Waals surface area contributed by atoms with E-state index in [1.165, 1.54) is 11.1 Å². The highest BCUT2D eigenvalue weighted by atomic mass is 32.2. The maximum absolute atomic E-state index is 11.8. The van der Waals surface area contributed by atoms with Crippen molar-refractivity contribution in [1.82, 2.24) is 14.5 Å². The van der Waals surface area contributed by atoms with Crippen molar-refractivity contribution in [3.63, 3.8) is 0 Å². The zero-order valence-corrected chi connectivity index (χ0v) is 15.0. The molecule has 0 amide bonds. The summed E-state index contributed by atoms with van der Waals surface area (Å²) in [6.45, 7) is 9.29. The molecule has 0 aliphatic carbocycles. The molecule has 0 aromatic carbocycles. The van der Waals surface area contributed by atoms with Gasteiger partial charge >= 0.3 is 0 Å². The van der Waals surface area contributed by atoms with Crippen molar-refractivity contribution in [2.75, 3.05) is 11.5 Å². The number of hydrogen-bond acceptors (Lipinski definition) is 3. The smallest absolute Gasteiger partial charge is 0.107 e. The van der Waals surface area contributed by atoms with E-state index in [-0.39, 0.29) is 0 Å². The van der Waals surface area contributed by atoms with E-state index in [4.69, 9.17) is 0 Å². The summed E-state index contributed by atoms with van der Waals surface area (Å²) in [5.41, 5.74) is 4.46. The van der Waals surface area contributed by atoms with Crippen LogP contribution in [0.2, 0.25) is 0 Å². The molecule has 0 fully saturated rings. The maximum Gasteiger partial charge on any atom is 0.107 e. The molecule has 0 radical (unpaired) electrons. The molecule has 4 nitrogen and oxygen atoms in total. The van der Waals surface area contributed by atoms with Crippen LogP contribution in [0.15, 0.2) is 6.20 Å². The van der Waals surface area contributed by atoms with Crippen LogP contribution in [-0.2, 0) is 17.3 Å². The van der Waals surface area contributed by atoms with Gasteiger partial charge in [-0.25, -0.2) is 4.98 Å². The molecule has 0 saturated carbocycles. The fourth-order valence-electron chi connectivity index (χ4n) is 2.71. The lowest BCUT2D eigenvalue weighted by atomic mass is 10.2. The summed E-state index contributed by atoms with van der Waals surface area (Å²) in [6.07, 6.45) is 6.12. The Morgan fingerprint density at radius 2 is 1.86 bits per heavy atom. The van der Waals surface area contributed by atoms with Crippen LogP contribution in [0.3, 0.4) is 0 Å². The Morgan fingerprint density at radius 1 is 1.14 bits per heavy atom. The van der Waals surface area contributed by atoms with Gasteiger partial charge in [0.1, 0.15) is 11.3 Å². The van der Waals surface area contributed by atoms with Crippen molar-refractivity contribution in [3.05, 3.63) is 23.3 Å². The summed E-state index contributed by atoms with van der Waals surface area (Å²) in [7, 11) is -0.644. The number of fused-ring (bicyclic) bond motifs is 1. The van der Waals surface area contributed by atoms with E-state index >= 15 is 0 Å². The Morgan fingerprint density at radius 3 is 2.59 bits per heavy atom. The minimum atomic E-state index is -0.644. The first-order chi connectivity index (χ1) is 10.5. The molecule has 2 aromatic rings. The number of aryl methyl sites for hydroxylation is 4. The van der Waals surface area contributed by atoms with E-state index in [9.17, 15) is 4.21 Å². The third-order valence-electron chi connectivity index (χ3n) is 4.19. The van der Waals surface area contributed by atoms with Crippen LogP contribution in [0.1, 0.15) is 49.7 Å². The van der Waals surface area contributed by atoms with Crippen molar-refractivity contribution in [3.8, 4) is 0 Å². The van der Waals surface area contributed by atoms with Gasteiger partial charge in [0.05, 0.1) is 11.7 Å². The van der Waals surface area contributed by atoms with E-state index in [0.29, 0.717) is 0 Å². The number of imidazole rings is 1. The van der Waals surface area contributed by atoms with E-state index in [1.807, 2.05) is 20.0 Å². The summed E-state index contributed by atoms with van der Waals surface area (Å²) in [5.74, 6) is 2.72. The van der Waals surface area contributed by atoms with Crippen molar-refractivity contribution >= 4 is 21.8 Å². The Bertz CT molecular complexity index is 663. The standard InChI is InChI=1S/C17H27N3OS/c1-5-6-10-22(21)11-8-7-9-20-15(4)19-16-12-18-14(3)13(2)17(16)20/h12H,5-11H2,1-4H3. The number of rotatable bonds is 8. The predicted molar refractivity (Wildman–Crippen MR) is 93.8 cm³/mol. The van der Waals surface area contributed by atoms with Gasteiger partial charge in [-0.2, -0.15) is 0 Å². The molecule has 0 aliphatic rings. The molecule has 2 aromatic heterocycles. The fourth-order valence-corrected chi connectivity index (χ4v) is 4.05. The van der Waals surface area contributed by atoms with Gasteiger partial charge in [0.2, 0.25) is 0 Å². The molecule has 0 aliphatic heterocycles. The Hall–Kier alpha value is -1.23. The molecule has 122 valence electrons. The first-order valence-electron chi connectivity index (χ1n) is 8.18. The molecule has 0 N–H and O–H groups in total. The second-order valence-electron chi connectivity index (χ2n) is 5.92. The zero-order chi connectivity index (χ0) is 16.1. The van der Waals surface area contributed by atoms with Crippen LogP contribution >= 0.6 is 0 Å². The number of pyridine rings is 1. The highest BCUT2D eigenvalue weighted by Gasteiger charge is 2.11. The Labute approximate surface area is 135 Å². The van der Waals surface area contributed by atoms with E-state index in [0.717, 1.165) is 60.8 Å². The quantitative estimate of drug-likeness (QED) is 0.697. The summed E-state index contributed by atoms with van der Waals surface area (Å²) in [4.78, 5) is 9.00. The average Bonchev–Trinajstić information content (AvgIpc) is 2.82. The fraction of sp³-hybridized carbons (Fsp3) is 0.647. The van der Waals surface area contributed by atoms with Crippen molar-refractivity contribution < 1.29 is 4.21 Å². The van der Waals surface area contributed by atoms with Gasteiger partial charge in [-0.05, 0) is 45.6 Å². The van der Waals surface area contributed by atoms with Gasteiger partial charge in [-0.3, -0.25) is 9.19 Å². The largest absolute Gasteiger partial charge is 0.328 e. The van der Waals surface area contributed by atoms with E-state index < -0.39 is 10.8 Å². The number of nitrogens with zero attached hydrogens (tertiary/aromatic N) is 3. The van der Waals surface area contributed by atoms with E-state index in [1.54, 1.807) is 0 Å². The molecular formula is C17H27N3OS. The minimum absolute atomic E-state index is 0.644. The first kappa shape index (κ1) is 17.1. The highest BCUT2D eigenvalue weighted by Crippen LogP contribution is 2.21. The monoisotopic (exact) mass is 321 g/mol. The molecule has 0 spiro atoms. The van der Waals surface area contributed by atoms with Crippen LogP contribution in [0.25, 0.3) is 11.0 Å². The predicted octanol–water partition coefficient (Wildman–Crippen LogP) is 3.69. The number of unbranched alkanes of at least 4 members (excludes halogenated alkanes) is 2. The van der Waals surface area contributed by atoms with Crippen LogP contribution in [0.4, 0.5) is 0 Å². The molecule has 22 heavy (non-hydrogen) atoms. The first-order valence-corrected chi connectivity index (χ1v) is 9.67. The molecular weight excluding hydrogens is 294 g/mol. The van der Waals surface area contributed by atoms with Gasteiger partial charge in [-0.1, -0.05) is 13.3 Å². The third kappa shape index (κ3) is 3.94. The van der Waals surface area contributed by atoms with Crippen LogP contribution in [-0.4, -0.2) is 30.2 Å². The zero-order valence-electron chi connectivity index (χ0n) is 14.2. The lowest BCUT2D eigenvalue weighted by molar-refractivity contribution is 0.625. The Balaban J connectivity index is 1.99. The summed E-state index contributed by atoms with van der Waals surface area (Å²) < 4.78 is 14.1. The van der Waals surface area contributed by atoms with Crippen LogP contribution < -0.4 is 0 Å². The molecule has 1 atom stereocenters. The topological polar surface area (TPSA) is 47.8 Å². The summed E-state index contributed by atoms with van der Waals surface area (Å²) >= 11 is 0. The SMILES string of the molecule is CCCCS(=O)CCCCn1c(C)nc2cnc(C)c(C)c21. The molecule has 1 unspecified atom stereocenters. The second kappa shape index (κ2) is 7.86. The Kier molecular flexibility index (Phi) is 6.12. The van der Waals surface area contributed by atoms with Gasteiger partial charge in [0.15, 0.2) is 0 Å². The van der Waals surface area contributed by atoms with Gasteiger partial charge in [0, 0.05) is 34.5 Å². The van der Waals surface area contributed by atoms with Crippen LogP contribution in [0, 0.1) is 20.8 Å². The number of hydrogen-bond donors (Lipinski definition) is 0.